The fourth-order valence-electron chi connectivity index (χ4n) is 3.17. The summed E-state index contributed by atoms with van der Waals surface area (Å²) in [5.74, 6) is 0.136. The molecule has 0 aliphatic carbocycles. The summed E-state index contributed by atoms with van der Waals surface area (Å²) in [5, 5.41) is 0. The molecule has 1 aliphatic rings. The molecule has 0 spiro atoms. The zero-order chi connectivity index (χ0) is 16.8. The fourth-order valence-corrected chi connectivity index (χ4v) is 3.17. The summed E-state index contributed by atoms with van der Waals surface area (Å²) in [6.45, 7) is 10.7. The van der Waals surface area contributed by atoms with Gasteiger partial charge >= 0.3 is 0 Å². The van der Waals surface area contributed by atoms with Crippen molar-refractivity contribution < 1.29 is 9.53 Å². The predicted molar refractivity (Wildman–Crippen MR) is 93.1 cm³/mol. The van der Waals surface area contributed by atoms with Crippen molar-refractivity contribution in [2.75, 3.05) is 26.7 Å². The number of nitrogens with zero attached hydrogens (tertiary/aromatic N) is 2. The van der Waals surface area contributed by atoms with Crippen LogP contribution in [0.1, 0.15) is 25.8 Å². The Labute approximate surface area is 139 Å². The zero-order valence-electron chi connectivity index (χ0n) is 14.5. The van der Waals surface area contributed by atoms with Crippen molar-refractivity contribution in [1.29, 1.82) is 0 Å². The third kappa shape index (κ3) is 4.58. The van der Waals surface area contributed by atoms with Gasteiger partial charge < -0.3 is 9.64 Å². The molecule has 1 aliphatic heterocycles. The van der Waals surface area contributed by atoms with Gasteiger partial charge in [0, 0.05) is 25.2 Å². The second kappa shape index (κ2) is 8.16. The van der Waals surface area contributed by atoms with Crippen LogP contribution in [-0.2, 0) is 16.0 Å². The Morgan fingerprint density at radius 1 is 1.22 bits per heavy atom. The van der Waals surface area contributed by atoms with E-state index in [1.807, 2.05) is 4.90 Å². The molecule has 0 N–H and O–H groups in total. The fraction of sp³-hybridized carbons (Fsp3) is 0.526. The number of rotatable bonds is 6. The standard InChI is InChI=1S/C19H28N2O2/c1-15-14-21(19(22)17(3)23-4)16(2)13-20(15)12-8-11-18-9-6-5-7-10-18/h5-7,9-10,15-16H,3,8,11-14H2,1-2,4H3. The van der Waals surface area contributed by atoms with Crippen LogP contribution in [0, 0.1) is 0 Å². The minimum atomic E-state index is -0.0872. The molecule has 4 nitrogen and oxygen atoms in total. The normalized spacial score (nSPS) is 22.0. The van der Waals surface area contributed by atoms with Gasteiger partial charge in [-0.2, -0.15) is 0 Å². The van der Waals surface area contributed by atoms with Crippen LogP contribution < -0.4 is 0 Å². The van der Waals surface area contributed by atoms with Crippen molar-refractivity contribution >= 4 is 5.91 Å². The lowest BCUT2D eigenvalue weighted by Gasteiger charge is -2.44. The van der Waals surface area contributed by atoms with Gasteiger partial charge in [0.1, 0.15) is 0 Å². The van der Waals surface area contributed by atoms with Crippen LogP contribution in [0.2, 0.25) is 0 Å². The number of hydrogen-bond donors (Lipinski definition) is 0. The Kier molecular flexibility index (Phi) is 6.22. The van der Waals surface area contributed by atoms with Crippen LogP contribution in [-0.4, -0.2) is 54.5 Å². The lowest BCUT2D eigenvalue weighted by molar-refractivity contribution is -0.136. The Hall–Kier alpha value is -1.81. The number of hydrogen-bond acceptors (Lipinski definition) is 3. The number of methoxy groups -OCH3 is 1. The highest BCUT2D eigenvalue weighted by Gasteiger charge is 2.32. The monoisotopic (exact) mass is 316 g/mol. The minimum absolute atomic E-state index is 0.0872. The smallest absolute Gasteiger partial charge is 0.288 e. The Bertz CT molecular complexity index is 529. The molecule has 0 radical (unpaired) electrons. The molecule has 126 valence electrons. The summed E-state index contributed by atoms with van der Waals surface area (Å²) in [6.07, 6.45) is 2.24. The first kappa shape index (κ1) is 17.5. The van der Waals surface area contributed by atoms with E-state index in [1.54, 1.807) is 0 Å². The zero-order valence-corrected chi connectivity index (χ0v) is 14.5. The molecule has 0 bridgehead atoms. The molecule has 2 unspecified atom stereocenters. The lowest BCUT2D eigenvalue weighted by Crippen LogP contribution is -2.58. The lowest BCUT2D eigenvalue weighted by atomic mass is 10.1. The maximum atomic E-state index is 12.3. The van der Waals surface area contributed by atoms with Crippen molar-refractivity contribution in [2.24, 2.45) is 0 Å². The van der Waals surface area contributed by atoms with Crippen molar-refractivity contribution in [3.63, 3.8) is 0 Å². The average molecular weight is 316 g/mol. The molecule has 4 heteroatoms. The van der Waals surface area contributed by atoms with E-state index < -0.39 is 0 Å². The molecule has 1 fully saturated rings. The molecular weight excluding hydrogens is 288 g/mol. The van der Waals surface area contributed by atoms with E-state index in [-0.39, 0.29) is 17.7 Å². The van der Waals surface area contributed by atoms with Gasteiger partial charge in [-0.25, -0.2) is 0 Å². The highest BCUT2D eigenvalue weighted by atomic mass is 16.5. The summed E-state index contributed by atoms with van der Waals surface area (Å²) in [5.41, 5.74) is 1.39. The van der Waals surface area contributed by atoms with Crippen LogP contribution >= 0.6 is 0 Å². The van der Waals surface area contributed by atoms with E-state index in [1.165, 1.54) is 12.7 Å². The van der Waals surface area contributed by atoms with Crippen LogP contribution in [0.3, 0.4) is 0 Å². The number of ether oxygens (including phenoxy) is 1. The van der Waals surface area contributed by atoms with Crippen LogP contribution in [0.4, 0.5) is 0 Å². The first-order valence-corrected chi connectivity index (χ1v) is 8.34. The van der Waals surface area contributed by atoms with Crippen molar-refractivity contribution in [2.45, 2.75) is 38.8 Å². The minimum Gasteiger partial charge on any atom is -0.492 e. The summed E-state index contributed by atoms with van der Waals surface area (Å²) in [7, 11) is 1.49. The van der Waals surface area contributed by atoms with Gasteiger partial charge in [-0.15, -0.1) is 0 Å². The molecule has 1 amide bonds. The molecule has 1 saturated heterocycles. The van der Waals surface area contributed by atoms with Gasteiger partial charge in [-0.3, -0.25) is 9.69 Å². The van der Waals surface area contributed by atoms with E-state index in [2.05, 4.69) is 55.7 Å². The van der Waals surface area contributed by atoms with Gasteiger partial charge in [0.2, 0.25) is 0 Å². The SMILES string of the molecule is C=C(OC)C(=O)N1CC(C)N(CCCc2ccccc2)CC1C. The number of benzene rings is 1. The van der Waals surface area contributed by atoms with Gasteiger partial charge in [0.05, 0.1) is 7.11 Å². The summed E-state index contributed by atoms with van der Waals surface area (Å²) < 4.78 is 4.99. The van der Waals surface area contributed by atoms with E-state index in [9.17, 15) is 4.79 Å². The summed E-state index contributed by atoms with van der Waals surface area (Å²) in [6, 6.07) is 11.1. The van der Waals surface area contributed by atoms with Crippen LogP contribution in [0.25, 0.3) is 0 Å². The molecule has 23 heavy (non-hydrogen) atoms. The van der Waals surface area contributed by atoms with Gasteiger partial charge in [0.15, 0.2) is 5.76 Å². The second-order valence-electron chi connectivity index (χ2n) is 6.37. The van der Waals surface area contributed by atoms with Crippen LogP contribution in [0.5, 0.6) is 0 Å². The van der Waals surface area contributed by atoms with E-state index in [0.717, 1.165) is 32.5 Å². The van der Waals surface area contributed by atoms with Crippen molar-refractivity contribution in [3.05, 3.63) is 48.2 Å². The molecule has 1 aromatic rings. The molecular formula is C19H28N2O2. The van der Waals surface area contributed by atoms with Crippen LogP contribution in [0.15, 0.2) is 42.7 Å². The number of piperazine rings is 1. The number of carbonyl (C=O) groups excluding carboxylic acids is 1. The molecule has 2 atom stereocenters. The van der Waals surface area contributed by atoms with E-state index in [0.29, 0.717) is 6.04 Å². The highest BCUT2D eigenvalue weighted by Crippen LogP contribution is 2.18. The summed E-state index contributed by atoms with van der Waals surface area (Å²) >= 11 is 0. The summed E-state index contributed by atoms with van der Waals surface area (Å²) in [4.78, 5) is 16.6. The Morgan fingerprint density at radius 2 is 1.91 bits per heavy atom. The number of aryl methyl sites for hydroxylation is 1. The van der Waals surface area contributed by atoms with E-state index >= 15 is 0 Å². The molecule has 1 aromatic carbocycles. The number of amides is 1. The maximum Gasteiger partial charge on any atom is 0.288 e. The van der Waals surface area contributed by atoms with E-state index in [4.69, 9.17) is 4.74 Å². The first-order chi connectivity index (χ1) is 11.0. The average Bonchev–Trinajstić information content (AvgIpc) is 2.57. The Morgan fingerprint density at radius 3 is 2.57 bits per heavy atom. The first-order valence-electron chi connectivity index (χ1n) is 8.34. The third-order valence-corrected chi connectivity index (χ3v) is 4.61. The van der Waals surface area contributed by atoms with Crippen molar-refractivity contribution in [1.82, 2.24) is 9.80 Å². The molecule has 0 saturated carbocycles. The molecule has 0 aromatic heterocycles. The van der Waals surface area contributed by atoms with Gasteiger partial charge in [-0.05, 0) is 38.8 Å². The topological polar surface area (TPSA) is 32.8 Å². The second-order valence-corrected chi connectivity index (χ2v) is 6.37. The molecule has 2 rings (SSSR count). The largest absolute Gasteiger partial charge is 0.492 e. The highest BCUT2D eigenvalue weighted by molar-refractivity contribution is 5.91. The maximum absolute atomic E-state index is 12.3. The van der Waals surface area contributed by atoms with Crippen molar-refractivity contribution in [3.8, 4) is 0 Å². The quantitative estimate of drug-likeness (QED) is 0.597. The molecule has 1 heterocycles. The third-order valence-electron chi connectivity index (χ3n) is 4.61. The predicted octanol–water partition coefficient (Wildman–Crippen LogP) is 2.70. The van der Waals surface area contributed by atoms with Gasteiger partial charge in [-0.1, -0.05) is 36.9 Å². The Balaban J connectivity index is 1.84. The number of carbonyl (C=O) groups is 1. The van der Waals surface area contributed by atoms with Gasteiger partial charge in [0.25, 0.3) is 5.91 Å².